The molecule has 0 radical (unpaired) electrons. The fourth-order valence-corrected chi connectivity index (χ4v) is 2.88. The van der Waals surface area contributed by atoms with Crippen molar-refractivity contribution in [2.45, 2.75) is 45.1 Å². The van der Waals surface area contributed by atoms with E-state index in [0.717, 1.165) is 25.2 Å². The Morgan fingerprint density at radius 3 is 2.93 bits per heavy atom. The van der Waals surface area contributed by atoms with Gasteiger partial charge in [0.1, 0.15) is 0 Å². The van der Waals surface area contributed by atoms with E-state index in [1.54, 1.807) is 0 Å². The van der Waals surface area contributed by atoms with Gasteiger partial charge in [-0.1, -0.05) is 6.92 Å². The first-order valence-electron chi connectivity index (χ1n) is 6.22. The Bertz CT molecular complexity index is 166. The largest absolute Gasteiger partial charge is 0.381 e. The molecule has 2 fully saturated rings. The monoisotopic (exact) mass is 197 g/mol. The molecule has 82 valence electrons. The maximum Gasteiger partial charge on any atom is 0.0506 e. The van der Waals surface area contributed by atoms with Gasteiger partial charge in [-0.25, -0.2) is 0 Å². The molecule has 2 rings (SSSR count). The van der Waals surface area contributed by atoms with Gasteiger partial charge in [-0.2, -0.15) is 0 Å². The van der Waals surface area contributed by atoms with Gasteiger partial charge < -0.3 is 9.64 Å². The second kappa shape index (κ2) is 5.13. The molecule has 2 heteroatoms. The Hall–Kier alpha value is -0.0800. The van der Waals surface area contributed by atoms with Crippen LogP contribution in [-0.2, 0) is 4.74 Å². The van der Waals surface area contributed by atoms with Gasteiger partial charge >= 0.3 is 0 Å². The van der Waals surface area contributed by atoms with E-state index < -0.39 is 0 Å². The zero-order chi connectivity index (χ0) is 9.80. The predicted molar refractivity (Wildman–Crippen MR) is 58.4 cm³/mol. The molecule has 0 aromatic carbocycles. The van der Waals surface area contributed by atoms with Crippen LogP contribution in [0.4, 0.5) is 0 Å². The summed E-state index contributed by atoms with van der Waals surface area (Å²) in [6.07, 6.45) is 6.81. The van der Waals surface area contributed by atoms with Crippen molar-refractivity contribution >= 4 is 0 Å². The number of hydrogen-bond donors (Lipinski definition) is 0. The second-order valence-corrected chi connectivity index (χ2v) is 4.78. The van der Waals surface area contributed by atoms with Crippen LogP contribution in [0.5, 0.6) is 0 Å². The lowest BCUT2D eigenvalue weighted by molar-refractivity contribution is 0.0363. The number of nitrogens with zero attached hydrogens (tertiary/aromatic N) is 1. The van der Waals surface area contributed by atoms with Gasteiger partial charge in [-0.05, 0) is 44.6 Å². The average molecular weight is 197 g/mol. The van der Waals surface area contributed by atoms with Crippen molar-refractivity contribution in [3.63, 3.8) is 0 Å². The van der Waals surface area contributed by atoms with E-state index in [2.05, 4.69) is 11.8 Å². The number of likely N-dealkylation sites (tertiary alicyclic amines) is 1. The van der Waals surface area contributed by atoms with Gasteiger partial charge in [0, 0.05) is 19.2 Å². The number of rotatable bonds is 3. The van der Waals surface area contributed by atoms with Crippen LogP contribution in [0.1, 0.15) is 39.0 Å². The minimum Gasteiger partial charge on any atom is -0.381 e. The van der Waals surface area contributed by atoms with Crippen molar-refractivity contribution in [3.8, 4) is 0 Å². The smallest absolute Gasteiger partial charge is 0.0506 e. The third-order valence-electron chi connectivity index (χ3n) is 3.72. The minimum absolute atomic E-state index is 0.816. The highest BCUT2D eigenvalue weighted by Crippen LogP contribution is 2.23. The molecule has 2 aliphatic heterocycles. The molecule has 0 spiro atoms. The summed E-state index contributed by atoms with van der Waals surface area (Å²) in [6.45, 7) is 6.94. The van der Waals surface area contributed by atoms with E-state index in [0.29, 0.717) is 0 Å². The van der Waals surface area contributed by atoms with E-state index >= 15 is 0 Å². The quantitative estimate of drug-likeness (QED) is 0.688. The maximum absolute atomic E-state index is 5.53. The molecule has 2 atom stereocenters. The van der Waals surface area contributed by atoms with Gasteiger partial charge in [-0.15, -0.1) is 0 Å². The molecule has 0 bridgehead atoms. The van der Waals surface area contributed by atoms with Gasteiger partial charge in [0.25, 0.3) is 0 Å². The third kappa shape index (κ3) is 2.48. The molecular formula is C12H23NO. The highest BCUT2D eigenvalue weighted by Gasteiger charge is 2.26. The molecule has 2 heterocycles. The minimum atomic E-state index is 0.816. The second-order valence-electron chi connectivity index (χ2n) is 4.78. The van der Waals surface area contributed by atoms with E-state index in [4.69, 9.17) is 4.74 Å². The van der Waals surface area contributed by atoms with Gasteiger partial charge in [0.2, 0.25) is 0 Å². The summed E-state index contributed by atoms with van der Waals surface area (Å²) in [4.78, 5) is 2.69. The lowest BCUT2D eigenvalue weighted by Gasteiger charge is -2.30. The van der Waals surface area contributed by atoms with Crippen molar-refractivity contribution in [3.05, 3.63) is 0 Å². The Morgan fingerprint density at radius 1 is 1.29 bits per heavy atom. The van der Waals surface area contributed by atoms with Crippen LogP contribution in [0.3, 0.4) is 0 Å². The van der Waals surface area contributed by atoms with Crippen LogP contribution >= 0.6 is 0 Å². The highest BCUT2D eigenvalue weighted by molar-refractivity contribution is 4.80. The summed E-state index contributed by atoms with van der Waals surface area (Å²) in [6, 6.07) is 0.872. The number of ether oxygens (including phenoxy) is 1. The van der Waals surface area contributed by atoms with Crippen LogP contribution in [-0.4, -0.2) is 37.2 Å². The van der Waals surface area contributed by atoms with Crippen molar-refractivity contribution in [1.29, 1.82) is 0 Å². The summed E-state index contributed by atoms with van der Waals surface area (Å²) in [5, 5.41) is 0. The standard InChI is InChI=1S/C12H23NO/c1-2-12-6-3-7-13(12)9-11-5-4-8-14-10-11/h11-12H,2-10H2,1H3. The Balaban J connectivity index is 1.77. The molecule has 0 aliphatic carbocycles. The summed E-state index contributed by atoms with van der Waals surface area (Å²) >= 11 is 0. The van der Waals surface area contributed by atoms with E-state index in [1.165, 1.54) is 45.2 Å². The first-order valence-corrected chi connectivity index (χ1v) is 6.22. The molecule has 0 aromatic heterocycles. The summed E-state index contributed by atoms with van der Waals surface area (Å²) in [7, 11) is 0. The van der Waals surface area contributed by atoms with Crippen LogP contribution in [0, 0.1) is 5.92 Å². The first kappa shape index (κ1) is 10.4. The Labute approximate surface area is 87.6 Å². The summed E-state index contributed by atoms with van der Waals surface area (Å²) < 4.78 is 5.53. The lowest BCUT2D eigenvalue weighted by Crippen LogP contribution is -2.36. The van der Waals surface area contributed by atoms with Crippen molar-refractivity contribution in [2.24, 2.45) is 5.92 Å². The molecule has 0 aromatic rings. The first-order chi connectivity index (χ1) is 6.90. The van der Waals surface area contributed by atoms with Crippen molar-refractivity contribution in [2.75, 3.05) is 26.3 Å². The zero-order valence-corrected chi connectivity index (χ0v) is 9.37. The SMILES string of the molecule is CCC1CCCN1CC1CCCOC1. The topological polar surface area (TPSA) is 12.5 Å². The normalized spacial score (nSPS) is 34.9. The van der Waals surface area contributed by atoms with Gasteiger partial charge in [0.15, 0.2) is 0 Å². The Morgan fingerprint density at radius 2 is 2.21 bits per heavy atom. The molecule has 0 saturated carbocycles. The molecule has 0 amide bonds. The molecule has 14 heavy (non-hydrogen) atoms. The molecule has 0 N–H and O–H groups in total. The third-order valence-corrected chi connectivity index (χ3v) is 3.72. The van der Waals surface area contributed by atoms with Crippen molar-refractivity contribution < 1.29 is 4.74 Å². The summed E-state index contributed by atoms with van der Waals surface area (Å²) in [5.74, 6) is 0.816. The van der Waals surface area contributed by atoms with E-state index in [9.17, 15) is 0 Å². The molecule has 2 aliphatic rings. The van der Waals surface area contributed by atoms with E-state index in [1.807, 2.05) is 0 Å². The molecule has 2 unspecified atom stereocenters. The van der Waals surface area contributed by atoms with Crippen LogP contribution in [0.2, 0.25) is 0 Å². The maximum atomic E-state index is 5.53. The number of hydrogen-bond acceptors (Lipinski definition) is 2. The van der Waals surface area contributed by atoms with Crippen LogP contribution in [0.25, 0.3) is 0 Å². The van der Waals surface area contributed by atoms with E-state index in [-0.39, 0.29) is 0 Å². The van der Waals surface area contributed by atoms with Crippen LogP contribution < -0.4 is 0 Å². The fraction of sp³-hybridized carbons (Fsp3) is 1.00. The van der Waals surface area contributed by atoms with Crippen molar-refractivity contribution in [1.82, 2.24) is 4.90 Å². The molecule has 2 nitrogen and oxygen atoms in total. The fourth-order valence-electron chi connectivity index (χ4n) is 2.88. The lowest BCUT2D eigenvalue weighted by atomic mass is 10.0. The highest BCUT2D eigenvalue weighted by atomic mass is 16.5. The summed E-state index contributed by atoms with van der Waals surface area (Å²) in [5.41, 5.74) is 0. The van der Waals surface area contributed by atoms with Gasteiger partial charge in [-0.3, -0.25) is 0 Å². The predicted octanol–water partition coefficient (Wildman–Crippen LogP) is 2.29. The average Bonchev–Trinajstić information content (AvgIpc) is 2.67. The Kier molecular flexibility index (Phi) is 3.82. The zero-order valence-electron chi connectivity index (χ0n) is 9.37. The van der Waals surface area contributed by atoms with Gasteiger partial charge in [0.05, 0.1) is 6.61 Å². The van der Waals surface area contributed by atoms with Crippen LogP contribution in [0.15, 0.2) is 0 Å². The molecular weight excluding hydrogens is 174 g/mol. The molecule has 2 saturated heterocycles.